The van der Waals surface area contributed by atoms with Gasteiger partial charge in [-0.3, -0.25) is 0 Å². The zero-order valence-corrected chi connectivity index (χ0v) is 6.93. The predicted molar refractivity (Wildman–Crippen MR) is 47.6 cm³/mol. The molecule has 0 saturated carbocycles. The second-order valence-corrected chi connectivity index (χ2v) is 2.48. The number of rotatable bonds is 4. The van der Waals surface area contributed by atoms with Crippen LogP contribution in [0, 0.1) is 0 Å². The van der Waals surface area contributed by atoms with Crippen LogP contribution < -0.4 is 0 Å². The molecule has 0 radical (unpaired) electrons. The van der Waals surface area contributed by atoms with Crippen molar-refractivity contribution in [2.45, 2.75) is 6.61 Å². The number of hydrogen-bond donors (Lipinski definition) is 2. The molecule has 0 fully saturated rings. The molecular weight excluding hydrogens is 171 g/mol. The summed E-state index contributed by atoms with van der Waals surface area (Å²) in [7, 11) is -0.333. The van der Waals surface area contributed by atoms with E-state index in [0.717, 1.165) is 5.56 Å². The Morgan fingerprint density at radius 3 is 2.46 bits per heavy atom. The molecule has 0 bridgehead atoms. The highest BCUT2D eigenvalue weighted by atomic mass is 16.5. The van der Waals surface area contributed by atoms with Gasteiger partial charge >= 0.3 is 13.7 Å². The lowest BCUT2D eigenvalue weighted by molar-refractivity contribution is 0.0697. The summed E-state index contributed by atoms with van der Waals surface area (Å²) in [6, 6.07) is 6.30. The minimum Gasteiger partial charge on any atom is -0.478 e. The van der Waals surface area contributed by atoms with Gasteiger partial charge in [-0.05, 0) is 17.7 Å². The van der Waals surface area contributed by atoms with E-state index in [0.29, 0.717) is 0 Å². The van der Waals surface area contributed by atoms with Crippen LogP contribution in [0.15, 0.2) is 24.3 Å². The zero-order valence-electron chi connectivity index (χ0n) is 6.93. The molecule has 2 N–H and O–H groups in total. The van der Waals surface area contributed by atoms with Gasteiger partial charge in [-0.25, -0.2) is 4.79 Å². The number of hydrogen-bond acceptors (Lipinski definition) is 3. The molecule has 5 heteroatoms. The molecule has 0 aliphatic carbocycles. The van der Waals surface area contributed by atoms with Crippen LogP contribution in [0.5, 0.6) is 0 Å². The SMILES string of the molecule is O=C(O)c1ccc(COBO)cc1. The largest absolute Gasteiger partial charge is 0.478 e. The number of carboxylic acid groups (broad SMARTS) is 1. The first-order valence-corrected chi connectivity index (χ1v) is 3.75. The van der Waals surface area contributed by atoms with Crippen LogP contribution in [-0.2, 0) is 11.3 Å². The van der Waals surface area contributed by atoms with Crippen molar-refractivity contribution in [3.8, 4) is 0 Å². The highest BCUT2D eigenvalue weighted by molar-refractivity contribution is 6.15. The van der Waals surface area contributed by atoms with Gasteiger partial charge < -0.3 is 14.8 Å². The Labute approximate surface area is 76.1 Å². The van der Waals surface area contributed by atoms with Crippen molar-refractivity contribution >= 4 is 13.7 Å². The van der Waals surface area contributed by atoms with Crippen LogP contribution in [0.3, 0.4) is 0 Å². The number of carbonyl (C=O) groups is 1. The molecule has 0 heterocycles. The summed E-state index contributed by atoms with van der Waals surface area (Å²) in [4.78, 5) is 10.5. The van der Waals surface area contributed by atoms with E-state index in [4.69, 9.17) is 14.8 Å². The lowest BCUT2D eigenvalue weighted by atomic mass is 10.1. The summed E-state index contributed by atoms with van der Waals surface area (Å²) >= 11 is 0. The van der Waals surface area contributed by atoms with Crippen molar-refractivity contribution in [3.05, 3.63) is 35.4 Å². The molecule has 0 saturated heterocycles. The van der Waals surface area contributed by atoms with Gasteiger partial charge in [0.2, 0.25) is 0 Å². The van der Waals surface area contributed by atoms with E-state index in [1.807, 2.05) is 0 Å². The third-order valence-electron chi connectivity index (χ3n) is 1.56. The molecule has 0 aliphatic rings. The van der Waals surface area contributed by atoms with E-state index >= 15 is 0 Å². The van der Waals surface area contributed by atoms with E-state index in [-0.39, 0.29) is 19.9 Å². The summed E-state index contributed by atoms with van der Waals surface area (Å²) in [5, 5.41) is 16.9. The maximum absolute atomic E-state index is 10.5. The summed E-state index contributed by atoms with van der Waals surface area (Å²) in [5.41, 5.74) is 1.08. The van der Waals surface area contributed by atoms with Gasteiger partial charge in [0.1, 0.15) is 0 Å². The fourth-order valence-electron chi connectivity index (χ4n) is 0.907. The van der Waals surface area contributed by atoms with Crippen molar-refractivity contribution in [2.24, 2.45) is 0 Å². The van der Waals surface area contributed by atoms with Crippen molar-refractivity contribution in [1.82, 2.24) is 0 Å². The molecule has 4 nitrogen and oxygen atoms in total. The summed E-state index contributed by atoms with van der Waals surface area (Å²) < 4.78 is 4.73. The van der Waals surface area contributed by atoms with E-state index in [1.54, 1.807) is 12.1 Å². The second-order valence-electron chi connectivity index (χ2n) is 2.48. The average molecular weight is 180 g/mol. The molecule has 0 spiro atoms. The molecule has 1 aromatic carbocycles. The van der Waals surface area contributed by atoms with Crippen LogP contribution >= 0.6 is 0 Å². The van der Waals surface area contributed by atoms with Crippen LogP contribution in [0.4, 0.5) is 0 Å². The monoisotopic (exact) mass is 180 g/mol. The van der Waals surface area contributed by atoms with Gasteiger partial charge in [0, 0.05) is 0 Å². The highest BCUT2D eigenvalue weighted by Gasteiger charge is 2.01. The number of aromatic carboxylic acids is 1. The first-order valence-electron chi connectivity index (χ1n) is 3.75. The molecule has 0 atom stereocenters. The molecule has 68 valence electrons. The molecule has 1 aromatic rings. The predicted octanol–water partition coefficient (Wildman–Crippen LogP) is 0.160. The topological polar surface area (TPSA) is 66.8 Å². The molecule has 0 aliphatic heterocycles. The first kappa shape index (κ1) is 9.76. The lowest BCUT2D eigenvalue weighted by Crippen LogP contribution is -1.99. The Morgan fingerprint density at radius 1 is 1.38 bits per heavy atom. The second kappa shape index (κ2) is 4.64. The third-order valence-corrected chi connectivity index (χ3v) is 1.56. The Bertz CT molecular complexity index is 283. The maximum Gasteiger partial charge on any atom is 0.435 e. The van der Waals surface area contributed by atoms with Crippen molar-refractivity contribution < 1.29 is 19.6 Å². The lowest BCUT2D eigenvalue weighted by Gasteiger charge is -2.00. The summed E-state index contributed by atoms with van der Waals surface area (Å²) in [6.45, 7) is 0.288. The zero-order chi connectivity index (χ0) is 9.68. The molecule has 0 unspecified atom stereocenters. The van der Waals surface area contributed by atoms with Gasteiger partial charge in [0.25, 0.3) is 0 Å². The maximum atomic E-state index is 10.5. The molecular formula is C8H9BO4. The van der Waals surface area contributed by atoms with E-state index in [2.05, 4.69) is 0 Å². The Hall–Kier alpha value is -1.33. The summed E-state index contributed by atoms with van der Waals surface area (Å²) in [6.07, 6.45) is 0. The van der Waals surface area contributed by atoms with Crippen LogP contribution in [0.2, 0.25) is 0 Å². The van der Waals surface area contributed by atoms with Crippen molar-refractivity contribution in [3.63, 3.8) is 0 Å². The average Bonchev–Trinajstić information content (AvgIpc) is 2.15. The fraction of sp³-hybridized carbons (Fsp3) is 0.125. The van der Waals surface area contributed by atoms with Gasteiger partial charge in [-0.1, -0.05) is 12.1 Å². The van der Waals surface area contributed by atoms with E-state index < -0.39 is 5.97 Å². The van der Waals surface area contributed by atoms with Gasteiger partial charge in [-0.15, -0.1) is 0 Å². The minimum absolute atomic E-state index is 0.243. The molecule has 0 amide bonds. The van der Waals surface area contributed by atoms with Crippen molar-refractivity contribution in [2.75, 3.05) is 0 Å². The highest BCUT2D eigenvalue weighted by Crippen LogP contribution is 2.05. The molecule has 13 heavy (non-hydrogen) atoms. The number of benzene rings is 1. The molecule has 1 rings (SSSR count). The first-order chi connectivity index (χ1) is 6.24. The minimum atomic E-state index is -0.949. The van der Waals surface area contributed by atoms with Gasteiger partial charge in [-0.2, -0.15) is 0 Å². The Kier molecular flexibility index (Phi) is 3.48. The third kappa shape index (κ3) is 2.89. The normalized spacial score (nSPS) is 9.62. The Balaban J connectivity index is 2.64. The van der Waals surface area contributed by atoms with Crippen molar-refractivity contribution in [1.29, 1.82) is 0 Å². The summed E-state index contributed by atoms with van der Waals surface area (Å²) in [5.74, 6) is -0.949. The fourth-order valence-corrected chi connectivity index (χ4v) is 0.907. The van der Waals surface area contributed by atoms with Gasteiger partial charge in [0.15, 0.2) is 0 Å². The van der Waals surface area contributed by atoms with Crippen LogP contribution in [0.25, 0.3) is 0 Å². The van der Waals surface area contributed by atoms with E-state index in [1.165, 1.54) is 12.1 Å². The van der Waals surface area contributed by atoms with E-state index in [9.17, 15) is 4.79 Å². The quantitative estimate of drug-likeness (QED) is 0.647. The molecule has 0 aromatic heterocycles. The van der Waals surface area contributed by atoms with Gasteiger partial charge in [0.05, 0.1) is 12.2 Å². The van der Waals surface area contributed by atoms with Crippen LogP contribution in [-0.4, -0.2) is 23.8 Å². The smallest absolute Gasteiger partial charge is 0.435 e. The standard InChI is InChI=1S/C8H9BO4/c10-8(11)7-3-1-6(2-4-7)5-13-9-12/h1-4,9,12H,5H2,(H,10,11). The Morgan fingerprint density at radius 2 is 2.00 bits per heavy atom. The van der Waals surface area contributed by atoms with Crippen LogP contribution in [0.1, 0.15) is 15.9 Å². The number of carboxylic acids is 1.